The minimum Gasteiger partial charge on any atom is -0.497 e. The average molecular weight is 163 g/mol. The zero-order chi connectivity index (χ0) is 8.97. The van der Waals surface area contributed by atoms with Crippen molar-refractivity contribution in [1.82, 2.24) is 0 Å². The SMILES string of the molecule is CN=C(C)c1cccc(OC)c1. The van der Waals surface area contributed by atoms with Gasteiger partial charge in [0.05, 0.1) is 7.11 Å². The van der Waals surface area contributed by atoms with Gasteiger partial charge in [-0.25, -0.2) is 0 Å². The van der Waals surface area contributed by atoms with Gasteiger partial charge in [0.1, 0.15) is 5.75 Å². The summed E-state index contributed by atoms with van der Waals surface area (Å²) in [7, 11) is 3.45. The fourth-order valence-electron chi connectivity index (χ4n) is 0.977. The highest BCUT2D eigenvalue weighted by molar-refractivity contribution is 5.98. The lowest BCUT2D eigenvalue weighted by Gasteiger charge is -2.02. The lowest BCUT2D eigenvalue weighted by atomic mass is 10.1. The number of hydrogen-bond donors (Lipinski definition) is 0. The first-order valence-corrected chi connectivity index (χ1v) is 3.85. The molecule has 0 saturated carbocycles. The molecule has 64 valence electrons. The van der Waals surface area contributed by atoms with Crippen molar-refractivity contribution in [3.05, 3.63) is 29.8 Å². The smallest absolute Gasteiger partial charge is 0.119 e. The maximum Gasteiger partial charge on any atom is 0.119 e. The Hall–Kier alpha value is -1.31. The maximum absolute atomic E-state index is 5.09. The van der Waals surface area contributed by atoms with Crippen molar-refractivity contribution in [3.8, 4) is 5.75 Å². The molecule has 0 radical (unpaired) electrons. The normalized spacial score (nSPS) is 11.4. The van der Waals surface area contributed by atoms with Gasteiger partial charge >= 0.3 is 0 Å². The zero-order valence-electron chi connectivity index (χ0n) is 7.66. The van der Waals surface area contributed by atoms with E-state index in [4.69, 9.17) is 4.74 Å². The molecule has 0 fully saturated rings. The molecule has 0 unspecified atom stereocenters. The van der Waals surface area contributed by atoms with Crippen molar-refractivity contribution < 1.29 is 4.74 Å². The lowest BCUT2D eigenvalue weighted by Crippen LogP contribution is -1.94. The summed E-state index contributed by atoms with van der Waals surface area (Å²) >= 11 is 0. The molecule has 2 heteroatoms. The minimum absolute atomic E-state index is 0.871. The Morgan fingerprint density at radius 3 is 2.75 bits per heavy atom. The van der Waals surface area contributed by atoms with Gasteiger partial charge in [-0.2, -0.15) is 0 Å². The quantitative estimate of drug-likeness (QED) is 0.612. The highest BCUT2D eigenvalue weighted by Crippen LogP contribution is 2.12. The number of rotatable bonds is 2. The molecule has 0 aliphatic heterocycles. The second kappa shape index (κ2) is 3.90. The Labute approximate surface area is 72.9 Å². The van der Waals surface area contributed by atoms with Crippen LogP contribution in [0.4, 0.5) is 0 Å². The molecule has 0 aliphatic carbocycles. The van der Waals surface area contributed by atoms with Gasteiger partial charge in [0, 0.05) is 12.8 Å². The molecular weight excluding hydrogens is 150 g/mol. The number of benzene rings is 1. The Bertz CT molecular complexity index is 292. The number of hydrogen-bond acceptors (Lipinski definition) is 2. The molecule has 0 aliphatic rings. The van der Waals surface area contributed by atoms with Gasteiger partial charge in [0.15, 0.2) is 0 Å². The fourth-order valence-corrected chi connectivity index (χ4v) is 0.977. The van der Waals surface area contributed by atoms with Crippen molar-refractivity contribution in [3.63, 3.8) is 0 Å². The topological polar surface area (TPSA) is 21.6 Å². The Morgan fingerprint density at radius 1 is 1.42 bits per heavy atom. The van der Waals surface area contributed by atoms with E-state index < -0.39 is 0 Å². The van der Waals surface area contributed by atoms with E-state index >= 15 is 0 Å². The van der Waals surface area contributed by atoms with Crippen LogP contribution in [0.15, 0.2) is 29.3 Å². The van der Waals surface area contributed by atoms with Crippen molar-refractivity contribution in [2.24, 2.45) is 4.99 Å². The van der Waals surface area contributed by atoms with Crippen LogP contribution in [0.2, 0.25) is 0 Å². The largest absolute Gasteiger partial charge is 0.497 e. The summed E-state index contributed by atoms with van der Waals surface area (Å²) in [4.78, 5) is 4.10. The van der Waals surface area contributed by atoms with Crippen molar-refractivity contribution in [1.29, 1.82) is 0 Å². The van der Waals surface area contributed by atoms with Crippen molar-refractivity contribution in [2.45, 2.75) is 6.92 Å². The van der Waals surface area contributed by atoms with E-state index in [0.717, 1.165) is 17.0 Å². The Kier molecular flexibility index (Phi) is 2.86. The summed E-state index contributed by atoms with van der Waals surface area (Å²) in [6.07, 6.45) is 0. The van der Waals surface area contributed by atoms with E-state index in [-0.39, 0.29) is 0 Å². The standard InChI is InChI=1S/C10H13NO/c1-8(11-2)9-5-4-6-10(7-9)12-3/h4-7H,1-3H3. The third-order valence-corrected chi connectivity index (χ3v) is 1.82. The third-order valence-electron chi connectivity index (χ3n) is 1.82. The van der Waals surface area contributed by atoms with Crippen LogP contribution in [-0.4, -0.2) is 19.9 Å². The van der Waals surface area contributed by atoms with E-state index in [1.54, 1.807) is 14.2 Å². The van der Waals surface area contributed by atoms with Gasteiger partial charge < -0.3 is 4.74 Å². The highest BCUT2D eigenvalue weighted by Gasteiger charge is 1.96. The van der Waals surface area contributed by atoms with Crippen molar-refractivity contribution >= 4 is 5.71 Å². The summed E-state index contributed by atoms with van der Waals surface area (Å²) in [6, 6.07) is 7.88. The minimum atomic E-state index is 0.871. The predicted molar refractivity (Wildman–Crippen MR) is 51.1 cm³/mol. The zero-order valence-corrected chi connectivity index (χ0v) is 7.66. The third kappa shape index (κ3) is 1.84. The second-order valence-corrected chi connectivity index (χ2v) is 2.54. The second-order valence-electron chi connectivity index (χ2n) is 2.54. The van der Waals surface area contributed by atoms with Gasteiger partial charge in [-0.05, 0) is 24.6 Å². The fraction of sp³-hybridized carbons (Fsp3) is 0.300. The predicted octanol–water partition coefficient (Wildman–Crippen LogP) is 2.13. The van der Waals surface area contributed by atoms with Gasteiger partial charge in [-0.1, -0.05) is 12.1 Å². The number of methoxy groups -OCH3 is 1. The van der Waals surface area contributed by atoms with E-state index in [9.17, 15) is 0 Å². The van der Waals surface area contributed by atoms with Crippen molar-refractivity contribution in [2.75, 3.05) is 14.2 Å². The Balaban J connectivity index is 3.02. The summed E-state index contributed by atoms with van der Waals surface area (Å²) in [5.41, 5.74) is 2.13. The summed E-state index contributed by atoms with van der Waals surface area (Å²) in [5, 5.41) is 0. The molecular formula is C10H13NO. The monoisotopic (exact) mass is 163 g/mol. The molecule has 2 nitrogen and oxygen atoms in total. The molecule has 0 N–H and O–H groups in total. The van der Waals surface area contributed by atoms with E-state index in [2.05, 4.69) is 4.99 Å². The highest BCUT2D eigenvalue weighted by atomic mass is 16.5. The number of aliphatic imine (C=N–C) groups is 1. The Morgan fingerprint density at radius 2 is 2.17 bits per heavy atom. The molecule has 0 spiro atoms. The van der Waals surface area contributed by atoms with Crippen LogP contribution in [0.3, 0.4) is 0 Å². The van der Waals surface area contributed by atoms with E-state index in [1.165, 1.54) is 0 Å². The van der Waals surface area contributed by atoms with E-state index in [0.29, 0.717) is 0 Å². The first-order chi connectivity index (χ1) is 5.77. The molecule has 0 atom stereocenters. The van der Waals surface area contributed by atoms with Gasteiger partial charge in [0.25, 0.3) is 0 Å². The molecule has 1 aromatic rings. The van der Waals surface area contributed by atoms with Crippen LogP contribution in [0.25, 0.3) is 0 Å². The average Bonchev–Trinajstić information content (AvgIpc) is 2.17. The van der Waals surface area contributed by atoms with Crippen LogP contribution in [0, 0.1) is 0 Å². The number of ether oxygens (including phenoxy) is 1. The van der Waals surface area contributed by atoms with Crippen LogP contribution in [-0.2, 0) is 0 Å². The molecule has 1 aromatic carbocycles. The summed E-state index contributed by atoms with van der Waals surface area (Å²) in [5.74, 6) is 0.871. The first-order valence-electron chi connectivity index (χ1n) is 3.85. The maximum atomic E-state index is 5.09. The molecule has 12 heavy (non-hydrogen) atoms. The molecule has 0 aromatic heterocycles. The molecule has 0 amide bonds. The van der Waals surface area contributed by atoms with Gasteiger partial charge in [0.2, 0.25) is 0 Å². The molecule has 1 rings (SSSR count). The van der Waals surface area contributed by atoms with Crippen LogP contribution < -0.4 is 4.74 Å². The molecule has 0 bridgehead atoms. The number of nitrogens with zero attached hydrogens (tertiary/aromatic N) is 1. The van der Waals surface area contributed by atoms with Gasteiger partial charge in [-0.3, -0.25) is 4.99 Å². The van der Waals surface area contributed by atoms with E-state index in [1.807, 2.05) is 31.2 Å². The first kappa shape index (κ1) is 8.78. The van der Waals surface area contributed by atoms with Gasteiger partial charge in [-0.15, -0.1) is 0 Å². The summed E-state index contributed by atoms with van der Waals surface area (Å²) < 4.78 is 5.09. The van der Waals surface area contributed by atoms with Crippen LogP contribution >= 0.6 is 0 Å². The summed E-state index contributed by atoms with van der Waals surface area (Å²) in [6.45, 7) is 1.98. The van der Waals surface area contributed by atoms with Crippen LogP contribution in [0.5, 0.6) is 5.75 Å². The lowest BCUT2D eigenvalue weighted by molar-refractivity contribution is 0.414. The molecule has 0 saturated heterocycles. The van der Waals surface area contributed by atoms with Crippen LogP contribution in [0.1, 0.15) is 12.5 Å². The molecule has 0 heterocycles.